The molecule has 2 rings (SSSR count). The monoisotopic (exact) mass is 201 g/mol. The minimum Gasteiger partial charge on any atom is -0.377 e. The van der Waals surface area contributed by atoms with Gasteiger partial charge in [-0.25, -0.2) is 0 Å². The fourth-order valence-corrected chi connectivity index (χ4v) is 1.76. The van der Waals surface area contributed by atoms with Crippen molar-refractivity contribution in [3.63, 3.8) is 0 Å². The Balaban J connectivity index is 2.21. The standard InChI is InChI=1S/C13H15NO/c1-14-8-7-13(15)10-12(14)9-11-5-3-2-4-6-11/h2-6,9H,7-8,10H2,1H3. The van der Waals surface area contributed by atoms with E-state index >= 15 is 0 Å². The van der Waals surface area contributed by atoms with Gasteiger partial charge in [0.15, 0.2) is 0 Å². The van der Waals surface area contributed by atoms with E-state index < -0.39 is 0 Å². The summed E-state index contributed by atoms with van der Waals surface area (Å²) in [5.41, 5.74) is 2.28. The molecule has 15 heavy (non-hydrogen) atoms. The van der Waals surface area contributed by atoms with E-state index in [2.05, 4.69) is 23.1 Å². The molecule has 1 saturated heterocycles. The minimum absolute atomic E-state index is 0.343. The third-order valence-corrected chi connectivity index (χ3v) is 2.73. The van der Waals surface area contributed by atoms with Crippen molar-refractivity contribution >= 4 is 11.9 Å². The molecular formula is C13H15NO. The molecule has 0 atom stereocenters. The van der Waals surface area contributed by atoms with Crippen LogP contribution in [-0.4, -0.2) is 24.3 Å². The van der Waals surface area contributed by atoms with Gasteiger partial charge in [-0.05, 0) is 11.6 Å². The van der Waals surface area contributed by atoms with Gasteiger partial charge in [0.05, 0.1) is 0 Å². The van der Waals surface area contributed by atoms with Crippen molar-refractivity contribution in [2.24, 2.45) is 0 Å². The Kier molecular flexibility index (Phi) is 2.86. The van der Waals surface area contributed by atoms with Gasteiger partial charge >= 0.3 is 0 Å². The van der Waals surface area contributed by atoms with Crippen LogP contribution in [-0.2, 0) is 4.79 Å². The smallest absolute Gasteiger partial charge is 0.140 e. The lowest BCUT2D eigenvalue weighted by Gasteiger charge is -2.26. The number of Topliss-reactive ketones (excluding diaryl/α,β-unsaturated/α-hetero) is 1. The lowest BCUT2D eigenvalue weighted by atomic mass is 10.0. The summed E-state index contributed by atoms with van der Waals surface area (Å²) in [6, 6.07) is 10.1. The first-order chi connectivity index (χ1) is 7.25. The number of rotatable bonds is 1. The van der Waals surface area contributed by atoms with Crippen LogP contribution < -0.4 is 0 Å². The number of hydrogen-bond acceptors (Lipinski definition) is 2. The minimum atomic E-state index is 0.343. The Hall–Kier alpha value is -1.57. The molecule has 1 heterocycles. The highest BCUT2D eigenvalue weighted by Gasteiger charge is 2.16. The third kappa shape index (κ3) is 2.46. The van der Waals surface area contributed by atoms with E-state index in [1.54, 1.807) is 0 Å². The largest absolute Gasteiger partial charge is 0.377 e. The predicted octanol–water partition coefficient (Wildman–Crippen LogP) is 2.32. The second kappa shape index (κ2) is 4.30. The average molecular weight is 201 g/mol. The molecule has 0 bridgehead atoms. The van der Waals surface area contributed by atoms with Gasteiger partial charge in [0, 0.05) is 32.1 Å². The third-order valence-electron chi connectivity index (χ3n) is 2.73. The van der Waals surface area contributed by atoms with Crippen molar-refractivity contribution in [2.75, 3.05) is 13.6 Å². The zero-order chi connectivity index (χ0) is 10.7. The summed E-state index contributed by atoms with van der Waals surface area (Å²) >= 11 is 0. The maximum absolute atomic E-state index is 11.3. The molecule has 0 radical (unpaired) electrons. The molecule has 0 amide bonds. The normalized spacial score (nSPS) is 19.7. The molecule has 1 fully saturated rings. The van der Waals surface area contributed by atoms with Gasteiger partial charge in [-0.15, -0.1) is 0 Å². The highest BCUT2D eigenvalue weighted by Crippen LogP contribution is 2.18. The van der Waals surface area contributed by atoms with E-state index in [4.69, 9.17) is 0 Å². The molecule has 0 spiro atoms. The van der Waals surface area contributed by atoms with Crippen molar-refractivity contribution in [3.05, 3.63) is 41.6 Å². The van der Waals surface area contributed by atoms with Crippen LogP contribution >= 0.6 is 0 Å². The Bertz CT molecular complexity index is 381. The van der Waals surface area contributed by atoms with Gasteiger partial charge in [-0.3, -0.25) is 4.79 Å². The summed E-state index contributed by atoms with van der Waals surface area (Å²) in [5, 5.41) is 0. The number of nitrogens with zero attached hydrogens (tertiary/aromatic N) is 1. The molecule has 78 valence electrons. The first-order valence-corrected chi connectivity index (χ1v) is 5.24. The van der Waals surface area contributed by atoms with Gasteiger partial charge in [-0.2, -0.15) is 0 Å². The Morgan fingerprint density at radius 2 is 2.00 bits per heavy atom. The quantitative estimate of drug-likeness (QED) is 0.695. The van der Waals surface area contributed by atoms with Crippen molar-refractivity contribution in [3.8, 4) is 0 Å². The maximum Gasteiger partial charge on any atom is 0.140 e. The number of carbonyl (C=O) groups is 1. The second-order valence-electron chi connectivity index (χ2n) is 3.93. The first-order valence-electron chi connectivity index (χ1n) is 5.24. The molecule has 2 heteroatoms. The fraction of sp³-hybridized carbons (Fsp3) is 0.308. The van der Waals surface area contributed by atoms with Crippen LogP contribution in [0.25, 0.3) is 6.08 Å². The summed E-state index contributed by atoms with van der Waals surface area (Å²) < 4.78 is 0. The number of hydrogen-bond donors (Lipinski definition) is 0. The lowest BCUT2D eigenvalue weighted by molar-refractivity contribution is -0.120. The van der Waals surface area contributed by atoms with E-state index in [0.29, 0.717) is 18.6 Å². The molecule has 1 aliphatic rings. The summed E-state index contributed by atoms with van der Waals surface area (Å²) in [4.78, 5) is 13.5. The Morgan fingerprint density at radius 1 is 1.27 bits per heavy atom. The fourth-order valence-electron chi connectivity index (χ4n) is 1.76. The van der Waals surface area contributed by atoms with Crippen molar-refractivity contribution in [1.82, 2.24) is 4.90 Å². The highest BCUT2D eigenvalue weighted by atomic mass is 16.1. The summed E-state index contributed by atoms with van der Waals surface area (Å²) in [7, 11) is 2.04. The number of likely N-dealkylation sites (tertiary alicyclic amines) is 1. The molecule has 0 N–H and O–H groups in total. The predicted molar refractivity (Wildman–Crippen MR) is 61.3 cm³/mol. The number of ketones is 1. The van der Waals surface area contributed by atoms with Gasteiger partial charge < -0.3 is 4.90 Å². The summed E-state index contributed by atoms with van der Waals surface area (Å²) in [5.74, 6) is 0.343. The van der Waals surface area contributed by atoms with Gasteiger partial charge in [0.2, 0.25) is 0 Å². The van der Waals surface area contributed by atoms with Gasteiger partial charge in [-0.1, -0.05) is 30.3 Å². The number of carbonyl (C=O) groups excluding carboxylic acids is 1. The molecule has 0 unspecified atom stereocenters. The van der Waals surface area contributed by atoms with Crippen LogP contribution in [0.4, 0.5) is 0 Å². The molecule has 2 nitrogen and oxygen atoms in total. The first kappa shape index (κ1) is 9.97. The maximum atomic E-state index is 11.3. The summed E-state index contributed by atoms with van der Waals surface area (Å²) in [6.45, 7) is 0.845. The van der Waals surface area contributed by atoms with E-state index in [1.807, 2.05) is 25.2 Å². The highest BCUT2D eigenvalue weighted by molar-refractivity contribution is 5.83. The number of piperidine rings is 1. The van der Waals surface area contributed by atoms with Crippen molar-refractivity contribution in [1.29, 1.82) is 0 Å². The topological polar surface area (TPSA) is 20.3 Å². The lowest BCUT2D eigenvalue weighted by Crippen LogP contribution is -2.28. The van der Waals surface area contributed by atoms with Gasteiger partial charge in [0.1, 0.15) is 5.78 Å². The Labute approximate surface area is 90.2 Å². The Morgan fingerprint density at radius 3 is 2.73 bits per heavy atom. The number of allylic oxidation sites excluding steroid dienone is 1. The molecular weight excluding hydrogens is 186 g/mol. The van der Waals surface area contributed by atoms with E-state index in [1.165, 1.54) is 0 Å². The van der Waals surface area contributed by atoms with Gasteiger partial charge in [0.25, 0.3) is 0 Å². The van der Waals surface area contributed by atoms with Crippen LogP contribution in [0, 0.1) is 0 Å². The average Bonchev–Trinajstić information content (AvgIpc) is 2.25. The van der Waals surface area contributed by atoms with Crippen molar-refractivity contribution in [2.45, 2.75) is 12.8 Å². The second-order valence-corrected chi connectivity index (χ2v) is 3.93. The van der Waals surface area contributed by atoms with E-state index in [-0.39, 0.29) is 0 Å². The van der Waals surface area contributed by atoms with E-state index in [0.717, 1.165) is 17.8 Å². The van der Waals surface area contributed by atoms with Crippen LogP contribution in [0.5, 0.6) is 0 Å². The summed E-state index contributed by atoms with van der Waals surface area (Å²) in [6.07, 6.45) is 3.35. The van der Waals surface area contributed by atoms with Crippen molar-refractivity contribution < 1.29 is 4.79 Å². The van der Waals surface area contributed by atoms with Crippen LogP contribution in [0.3, 0.4) is 0 Å². The molecule has 0 saturated carbocycles. The van der Waals surface area contributed by atoms with Crippen LogP contribution in [0.1, 0.15) is 18.4 Å². The number of benzene rings is 1. The molecule has 1 aromatic carbocycles. The molecule has 0 aliphatic carbocycles. The molecule has 1 aromatic rings. The molecule has 1 aliphatic heterocycles. The van der Waals surface area contributed by atoms with E-state index in [9.17, 15) is 4.79 Å². The van der Waals surface area contributed by atoms with Crippen LogP contribution in [0.15, 0.2) is 36.0 Å². The SMILES string of the molecule is CN1CCC(=O)CC1=Cc1ccccc1. The van der Waals surface area contributed by atoms with Crippen LogP contribution in [0.2, 0.25) is 0 Å². The zero-order valence-electron chi connectivity index (χ0n) is 8.94. The zero-order valence-corrected chi connectivity index (χ0v) is 8.94. The molecule has 0 aromatic heterocycles.